The van der Waals surface area contributed by atoms with E-state index in [1.807, 2.05) is 31.2 Å². The Balaban J connectivity index is 2.70. The van der Waals surface area contributed by atoms with E-state index >= 15 is 0 Å². The Bertz CT molecular complexity index is 319. The molecule has 0 fully saturated rings. The van der Waals surface area contributed by atoms with E-state index in [0.717, 1.165) is 4.47 Å². The predicted molar refractivity (Wildman–Crippen MR) is 63.2 cm³/mol. The van der Waals surface area contributed by atoms with Crippen LogP contribution in [0.15, 0.2) is 33.7 Å². The van der Waals surface area contributed by atoms with Crippen molar-refractivity contribution >= 4 is 21.9 Å². The van der Waals surface area contributed by atoms with Crippen LogP contribution in [-0.4, -0.2) is 13.0 Å². The molecule has 0 heterocycles. The summed E-state index contributed by atoms with van der Waals surface area (Å²) in [4.78, 5) is 3.85. The lowest BCUT2D eigenvalue weighted by Gasteiger charge is -2.14. The van der Waals surface area contributed by atoms with Crippen LogP contribution in [0.1, 0.15) is 18.5 Å². The van der Waals surface area contributed by atoms with E-state index in [-0.39, 0.29) is 6.04 Å². The normalized spacial score (nSPS) is 13.8. The number of hydrogen-bond donors (Lipinski definition) is 2. The monoisotopic (exact) mass is 255 g/mol. The first-order valence-electron chi connectivity index (χ1n) is 4.37. The second-order valence-electron chi connectivity index (χ2n) is 3.03. The molecule has 0 aliphatic heterocycles. The van der Waals surface area contributed by atoms with Gasteiger partial charge in [0.1, 0.15) is 0 Å². The van der Waals surface area contributed by atoms with E-state index in [9.17, 15) is 0 Å². The number of hydrogen-bond acceptors (Lipinski definition) is 1. The van der Waals surface area contributed by atoms with E-state index in [1.54, 1.807) is 7.05 Å². The number of benzene rings is 1. The molecule has 1 rings (SSSR count). The Labute approximate surface area is 92.5 Å². The molecule has 0 saturated carbocycles. The summed E-state index contributed by atoms with van der Waals surface area (Å²) in [6.45, 7) is 2.04. The number of nitrogens with zero attached hydrogens (tertiary/aromatic N) is 1. The molecule has 0 unspecified atom stereocenters. The lowest BCUT2D eigenvalue weighted by molar-refractivity contribution is 0.711. The molecular weight excluding hydrogens is 242 g/mol. The van der Waals surface area contributed by atoms with E-state index in [4.69, 9.17) is 5.73 Å². The van der Waals surface area contributed by atoms with Crippen molar-refractivity contribution in [3.8, 4) is 0 Å². The largest absolute Gasteiger partial charge is 0.370 e. The molecule has 4 heteroatoms. The molecule has 3 nitrogen and oxygen atoms in total. The third kappa shape index (κ3) is 3.03. The summed E-state index contributed by atoms with van der Waals surface area (Å²) in [5, 5.41) is 3.08. The Morgan fingerprint density at radius 3 is 2.50 bits per heavy atom. The Kier molecular flexibility index (Phi) is 3.95. The molecule has 0 aliphatic rings. The molecule has 1 aromatic carbocycles. The van der Waals surface area contributed by atoms with E-state index in [0.29, 0.717) is 5.96 Å². The summed E-state index contributed by atoms with van der Waals surface area (Å²) in [7, 11) is 1.66. The second-order valence-corrected chi connectivity index (χ2v) is 3.94. The molecule has 0 radical (unpaired) electrons. The molecule has 0 aromatic heterocycles. The molecule has 14 heavy (non-hydrogen) atoms. The van der Waals surface area contributed by atoms with Crippen LogP contribution in [0.5, 0.6) is 0 Å². The zero-order valence-electron chi connectivity index (χ0n) is 8.29. The fourth-order valence-electron chi connectivity index (χ4n) is 1.12. The highest BCUT2D eigenvalue weighted by molar-refractivity contribution is 9.10. The Morgan fingerprint density at radius 1 is 1.43 bits per heavy atom. The van der Waals surface area contributed by atoms with Gasteiger partial charge in [-0.05, 0) is 24.6 Å². The molecule has 76 valence electrons. The first kappa shape index (κ1) is 11.0. The highest BCUT2D eigenvalue weighted by Gasteiger charge is 2.04. The lowest BCUT2D eigenvalue weighted by atomic mass is 10.1. The Hall–Kier alpha value is -1.03. The molecule has 1 aromatic rings. The molecule has 0 aliphatic carbocycles. The lowest BCUT2D eigenvalue weighted by Crippen LogP contribution is -2.33. The third-order valence-electron chi connectivity index (χ3n) is 1.98. The predicted octanol–water partition coefficient (Wildman–Crippen LogP) is 2.04. The summed E-state index contributed by atoms with van der Waals surface area (Å²) >= 11 is 3.39. The van der Waals surface area contributed by atoms with Crippen molar-refractivity contribution in [1.82, 2.24) is 5.32 Å². The summed E-state index contributed by atoms with van der Waals surface area (Å²) in [6, 6.07) is 8.28. The second kappa shape index (κ2) is 5.00. The average molecular weight is 256 g/mol. The zero-order valence-corrected chi connectivity index (χ0v) is 9.88. The van der Waals surface area contributed by atoms with Gasteiger partial charge >= 0.3 is 0 Å². The van der Waals surface area contributed by atoms with Crippen LogP contribution in [0.25, 0.3) is 0 Å². The van der Waals surface area contributed by atoms with Crippen molar-refractivity contribution in [2.45, 2.75) is 13.0 Å². The van der Waals surface area contributed by atoms with Crippen LogP contribution in [0.3, 0.4) is 0 Å². The molecule has 0 bridgehead atoms. The van der Waals surface area contributed by atoms with Crippen LogP contribution in [-0.2, 0) is 0 Å². The van der Waals surface area contributed by atoms with Gasteiger partial charge in [0.15, 0.2) is 5.96 Å². The summed E-state index contributed by atoms with van der Waals surface area (Å²) < 4.78 is 1.07. The van der Waals surface area contributed by atoms with E-state index in [1.165, 1.54) is 5.56 Å². The highest BCUT2D eigenvalue weighted by atomic mass is 79.9. The maximum absolute atomic E-state index is 5.57. The minimum absolute atomic E-state index is 0.173. The molecule has 0 amide bonds. The fourth-order valence-corrected chi connectivity index (χ4v) is 1.39. The van der Waals surface area contributed by atoms with E-state index < -0.39 is 0 Å². The number of aliphatic imine (C=N–C) groups is 1. The van der Waals surface area contributed by atoms with Crippen LogP contribution in [0, 0.1) is 0 Å². The van der Waals surface area contributed by atoms with Gasteiger partial charge in [0, 0.05) is 11.5 Å². The van der Waals surface area contributed by atoms with Gasteiger partial charge in [0.2, 0.25) is 0 Å². The standard InChI is InChI=1S/C10H14BrN3/c1-7(14-10(12)13-2)8-3-5-9(11)6-4-8/h3-7H,1-2H3,(H3,12,13,14)/t7-/m0/s1. The van der Waals surface area contributed by atoms with Crippen molar-refractivity contribution in [3.05, 3.63) is 34.3 Å². The smallest absolute Gasteiger partial charge is 0.188 e. The Morgan fingerprint density at radius 2 is 2.00 bits per heavy atom. The van der Waals surface area contributed by atoms with Crippen molar-refractivity contribution < 1.29 is 0 Å². The quantitative estimate of drug-likeness (QED) is 0.628. The first-order valence-corrected chi connectivity index (χ1v) is 5.17. The number of rotatable bonds is 2. The van der Waals surface area contributed by atoms with Gasteiger partial charge in [-0.2, -0.15) is 0 Å². The van der Waals surface area contributed by atoms with Crippen molar-refractivity contribution in [2.24, 2.45) is 10.7 Å². The van der Waals surface area contributed by atoms with Gasteiger partial charge in [-0.3, -0.25) is 4.99 Å². The third-order valence-corrected chi connectivity index (χ3v) is 2.50. The average Bonchev–Trinajstić information content (AvgIpc) is 2.18. The molecule has 3 N–H and O–H groups in total. The van der Waals surface area contributed by atoms with Crippen LogP contribution in [0.2, 0.25) is 0 Å². The highest BCUT2D eigenvalue weighted by Crippen LogP contribution is 2.15. The van der Waals surface area contributed by atoms with Gasteiger partial charge in [-0.1, -0.05) is 28.1 Å². The van der Waals surface area contributed by atoms with Gasteiger partial charge in [0.05, 0.1) is 6.04 Å². The fraction of sp³-hybridized carbons (Fsp3) is 0.300. The minimum atomic E-state index is 0.173. The summed E-state index contributed by atoms with van der Waals surface area (Å²) in [5.74, 6) is 0.459. The van der Waals surface area contributed by atoms with Crippen LogP contribution < -0.4 is 11.1 Å². The van der Waals surface area contributed by atoms with Gasteiger partial charge in [0.25, 0.3) is 0 Å². The molecule has 1 atom stereocenters. The topological polar surface area (TPSA) is 50.4 Å². The zero-order chi connectivity index (χ0) is 10.6. The SMILES string of the molecule is CN=C(N)N[C@@H](C)c1ccc(Br)cc1. The van der Waals surface area contributed by atoms with E-state index in [2.05, 4.69) is 26.2 Å². The maximum Gasteiger partial charge on any atom is 0.188 e. The maximum atomic E-state index is 5.57. The van der Waals surface area contributed by atoms with Crippen molar-refractivity contribution in [1.29, 1.82) is 0 Å². The van der Waals surface area contributed by atoms with Crippen molar-refractivity contribution in [2.75, 3.05) is 7.05 Å². The minimum Gasteiger partial charge on any atom is -0.370 e. The summed E-state index contributed by atoms with van der Waals surface area (Å²) in [6.07, 6.45) is 0. The number of guanidine groups is 1. The number of halogens is 1. The first-order chi connectivity index (χ1) is 6.63. The van der Waals surface area contributed by atoms with Gasteiger partial charge in [-0.25, -0.2) is 0 Å². The molecular formula is C10H14BrN3. The molecule has 0 saturated heterocycles. The van der Waals surface area contributed by atoms with Crippen molar-refractivity contribution in [3.63, 3.8) is 0 Å². The van der Waals surface area contributed by atoms with Crippen LogP contribution in [0.4, 0.5) is 0 Å². The number of nitrogens with one attached hydrogen (secondary N) is 1. The summed E-state index contributed by atoms with van der Waals surface area (Å²) in [5.41, 5.74) is 6.75. The number of nitrogens with two attached hydrogens (primary N) is 1. The molecule has 0 spiro atoms. The van der Waals surface area contributed by atoms with Crippen LogP contribution >= 0.6 is 15.9 Å². The van der Waals surface area contributed by atoms with Gasteiger partial charge < -0.3 is 11.1 Å². The van der Waals surface area contributed by atoms with Gasteiger partial charge in [-0.15, -0.1) is 0 Å².